The summed E-state index contributed by atoms with van der Waals surface area (Å²) in [5.41, 5.74) is 2.09. The number of nitrogens with zero attached hydrogens (tertiary/aromatic N) is 4. The van der Waals surface area contributed by atoms with Gasteiger partial charge in [0.2, 0.25) is 0 Å². The van der Waals surface area contributed by atoms with Crippen LogP contribution in [-0.2, 0) is 6.54 Å². The van der Waals surface area contributed by atoms with Gasteiger partial charge in [0.15, 0.2) is 11.7 Å². The standard InChI is InChI=1S/C22H25N5O2S/c1-2-23-22(24-15-18-16-30-20(25-18)17-7-4-3-5-8-17)27-12-10-26(11-13-27)21(28)19-9-6-14-29-19/h3-9,14,16H,2,10-13,15H2,1H3,(H,23,24). The SMILES string of the molecule is CCNC(=NCc1csc(-c2ccccc2)n1)N1CCN(C(=O)c2ccco2)CC1. The van der Waals surface area contributed by atoms with E-state index < -0.39 is 0 Å². The minimum atomic E-state index is -0.0579. The summed E-state index contributed by atoms with van der Waals surface area (Å²) in [4.78, 5) is 26.0. The Balaban J connectivity index is 1.38. The molecule has 7 nitrogen and oxygen atoms in total. The van der Waals surface area contributed by atoms with Crippen molar-refractivity contribution in [1.82, 2.24) is 20.1 Å². The molecule has 1 aliphatic heterocycles. The number of hydrogen-bond acceptors (Lipinski definition) is 5. The zero-order valence-electron chi connectivity index (χ0n) is 17.0. The van der Waals surface area contributed by atoms with Crippen molar-refractivity contribution in [2.45, 2.75) is 13.5 Å². The molecule has 8 heteroatoms. The molecule has 30 heavy (non-hydrogen) atoms. The van der Waals surface area contributed by atoms with Crippen molar-refractivity contribution < 1.29 is 9.21 Å². The number of carbonyl (C=O) groups is 1. The van der Waals surface area contributed by atoms with Gasteiger partial charge in [-0.15, -0.1) is 11.3 Å². The van der Waals surface area contributed by atoms with Crippen LogP contribution in [0.5, 0.6) is 0 Å². The lowest BCUT2D eigenvalue weighted by atomic mass is 10.2. The van der Waals surface area contributed by atoms with Gasteiger partial charge in [0.25, 0.3) is 5.91 Å². The summed E-state index contributed by atoms with van der Waals surface area (Å²) >= 11 is 1.64. The van der Waals surface area contributed by atoms with Gasteiger partial charge in [0, 0.05) is 43.7 Å². The molecule has 156 valence electrons. The molecule has 1 aromatic carbocycles. The number of guanidine groups is 1. The fourth-order valence-corrected chi connectivity index (χ4v) is 4.17. The molecule has 0 spiro atoms. The van der Waals surface area contributed by atoms with E-state index in [0.717, 1.165) is 41.9 Å². The Morgan fingerprint density at radius 2 is 1.90 bits per heavy atom. The van der Waals surface area contributed by atoms with Crippen LogP contribution in [0.15, 0.2) is 63.5 Å². The van der Waals surface area contributed by atoms with Crippen molar-refractivity contribution in [3.8, 4) is 10.6 Å². The molecule has 0 radical (unpaired) electrons. The highest BCUT2D eigenvalue weighted by molar-refractivity contribution is 7.13. The zero-order chi connectivity index (χ0) is 20.8. The fourth-order valence-electron chi connectivity index (χ4n) is 3.35. The van der Waals surface area contributed by atoms with E-state index in [1.54, 1.807) is 23.5 Å². The van der Waals surface area contributed by atoms with E-state index in [2.05, 4.69) is 34.7 Å². The van der Waals surface area contributed by atoms with Gasteiger partial charge in [0.1, 0.15) is 5.01 Å². The first kappa shape index (κ1) is 20.2. The molecule has 1 saturated heterocycles. The summed E-state index contributed by atoms with van der Waals surface area (Å²) in [6.45, 7) is 6.10. The van der Waals surface area contributed by atoms with Crippen LogP contribution in [-0.4, -0.2) is 59.4 Å². The number of hydrogen-bond donors (Lipinski definition) is 1. The number of thiazole rings is 1. The summed E-state index contributed by atoms with van der Waals surface area (Å²) in [6.07, 6.45) is 1.53. The minimum Gasteiger partial charge on any atom is -0.459 e. The average molecular weight is 424 g/mol. The van der Waals surface area contributed by atoms with Crippen molar-refractivity contribution in [2.24, 2.45) is 4.99 Å². The second-order valence-electron chi connectivity index (χ2n) is 6.94. The molecular formula is C22H25N5O2S. The van der Waals surface area contributed by atoms with E-state index in [9.17, 15) is 4.79 Å². The normalized spacial score (nSPS) is 14.8. The first-order valence-electron chi connectivity index (χ1n) is 10.1. The van der Waals surface area contributed by atoms with Gasteiger partial charge in [0.05, 0.1) is 18.5 Å². The highest BCUT2D eigenvalue weighted by atomic mass is 32.1. The Morgan fingerprint density at radius 1 is 1.13 bits per heavy atom. The number of piperazine rings is 1. The molecule has 0 unspecified atom stereocenters. The molecule has 0 saturated carbocycles. The van der Waals surface area contributed by atoms with Crippen LogP contribution >= 0.6 is 11.3 Å². The van der Waals surface area contributed by atoms with Crippen LogP contribution in [0.25, 0.3) is 10.6 Å². The Bertz CT molecular complexity index is 976. The van der Waals surface area contributed by atoms with Crippen LogP contribution < -0.4 is 5.32 Å². The molecular weight excluding hydrogens is 398 g/mol. The van der Waals surface area contributed by atoms with Crippen LogP contribution in [0.2, 0.25) is 0 Å². The lowest BCUT2D eigenvalue weighted by Gasteiger charge is -2.36. The lowest BCUT2D eigenvalue weighted by molar-refractivity contribution is 0.0657. The summed E-state index contributed by atoms with van der Waals surface area (Å²) in [5, 5.41) is 6.44. The topological polar surface area (TPSA) is 74.0 Å². The van der Waals surface area contributed by atoms with Crippen LogP contribution in [0, 0.1) is 0 Å². The maximum absolute atomic E-state index is 12.5. The molecule has 0 bridgehead atoms. The van der Waals surface area contributed by atoms with E-state index in [1.807, 2.05) is 23.1 Å². The Kier molecular flexibility index (Phi) is 6.44. The molecule has 1 amide bonds. The van der Waals surface area contributed by atoms with Crippen LogP contribution in [0.3, 0.4) is 0 Å². The highest BCUT2D eigenvalue weighted by Crippen LogP contribution is 2.23. The van der Waals surface area contributed by atoms with E-state index >= 15 is 0 Å². The monoisotopic (exact) mass is 423 g/mol. The second kappa shape index (κ2) is 9.58. The van der Waals surface area contributed by atoms with Crippen LogP contribution in [0.1, 0.15) is 23.2 Å². The van der Waals surface area contributed by atoms with Crippen LogP contribution in [0.4, 0.5) is 0 Å². The van der Waals surface area contributed by atoms with Crippen molar-refractivity contribution in [3.63, 3.8) is 0 Å². The Labute approximate surface area is 180 Å². The number of carbonyl (C=O) groups excluding carboxylic acids is 1. The number of aliphatic imine (C=N–C) groups is 1. The third-order valence-electron chi connectivity index (χ3n) is 4.90. The number of benzene rings is 1. The molecule has 1 N–H and O–H groups in total. The van der Waals surface area contributed by atoms with Crippen molar-refractivity contribution >= 4 is 23.2 Å². The predicted octanol–water partition coefficient (Wildman–Crippen LogP) is 3.33. The first-order valence-corrected chi connectivity index (χ1v) is 11.0. The number of rotatable bonds is 5. The lowest BCUT2D eigenvalue weighted by Crippen LogP contribution is -2.53. The van der Waals surface area contributed by atoms with Gasteiger partial charge in [-0.2, -0.15) is 0 Å². The number of nitrogens with one attached hydrogen (secondary N) is 1. The largest absolute Gasteiger partial charge is 0.459 e. The summed E-state index contributed by atoms with van der Waals surface area (Å²) in [7, 11) is 0. The first-order chi connectivity index (χ1) is 14.7. The minimum absolute atomic E-state index is 0.0579. The second-order valence-corrected chi connectivity index (χ2v) is 7.79. The summed E-state index contributed by atoms with van der Waals surface area (Å²) < 4.78 is 5.24. The average Bonchev–Trinajstić information content (AvgIpc) is 3.49. The Morgan fingerprint density at radius 3 is 2.60 bits per heavy atom. The smallest absolute Gasteiger partial charge is 0.289 e. The number of aromatic nitrogens is 1. The maximum Gasteiger partial charge on any atom is 0.289 e. The molecule has 2 aromatic heterocycles. The predicted molar refractivity (Wildman–Crippen MR) is 119 cm³/mol. The van der Waals surface area contributed by atoms with Crippen molar-refractivity contribution in [1.29, 1.82) is 0 Å². The van der Waals surface area contributed by atoms with Gasteiger partial charge in [-0.05, 0) is 19.1 Å². The van der Waals surface area contributed by atoms with Gasteiger partial charge >= 0.3 is 0 Å². The van der Waals surface area contributed by atoms with Gasteiger partial charge in [-0.1, -0.05) is 30.3 Å². The van der Waals surface area contributed by atoms with E-state index in [-0.39, 0.29) is 5.91 Å². The van der Waals surface area contributed by atoms with E-state index in [4.69, 9.17) is 14.4 Å². The quantitative estimate of drug-likeness (QED) is 0.503. The molecule has 4 rings (SSSR count). The molecule has 1 aliphatic rings. The summed E-state index contributed by atoms with van der Waals surface area (Å²) in [5.74, 6) is 1.19. The van der Waals surface area contributed by atoms with E-state index in [0.29, 0.717) is 25.4 Å². The zero-order valence-corrected chi connectivity index (χ0v) is 17.8. The maximum atomic E-state index is 12.5. The fraction of sp³-hybridized carbons (Fsp3) is 0.318. The number of furan rings is 1. The highest BCUT2D eigenvalue weighted by Gasteiger charge is 2.25. The van der Waals surface area contributed by atoms with E-state index in [1.165, 1.54) is 6.26 Å². The molecule has 0 aliphatic carbocycles. The summed E-state index contributed by atoms with van der Waals surface area (Å²) in [6, 6.07) is 13.6. The Hall–Kier alpha value is -3.13. The van der Waals surface area contributed by atoms with Crippen molar-refractivity contribution in [2.75, 3.05) is 32.7 Å². The molecule has 3 aromatic rings. The molecule has 3 heterocycles. The third-order valence-corrected chi connectivity index (χ3v) is 5.84. The molecule has 0 atom stereocenters. The third kappa shape index (κ3) is 4.71. The van der Waals surface area contributed by atoms with Gasteiger partial charge in [-0.3, -0.25) is 4.79 Å². The number of amides is 1. The van der Waals surface area contributed by atoms with Crippen molar-refractivity contribution in [3.05, 3.63) is 65.6 Å². The molecule has 1 fully saturated rings. The van der Waals surface area contributed by atoms with Gasteiger partial charge < -0.3 is 19.5 Å². The van der Waals surface area contributed by atoms with Gasteiger partial charge in [-0.25, -0.2) is 9.98 Å².